The lowest BCUT2D eigenvalue weighted by atomic mass is 10.3. The molecule has 0 aliphatic rings. The zero-order valence-electron chi connectivity index (χ0n) is 8.28. The highest BCUT2D eigenvalue weighted by molar-refractivity contribution is 5.94. The van der Waals surface area contributed by atoms with Gasteiger partial charge in [0.15, 0.2) is 5.82 Å². The molecule has 0 aliphatic carbocycles. The highest BCUT2D eigenvalue weighted by atomic mass is 14.9. The van der Waals surface area contributed by atoms with E-state index in [1.54, 1.807) is 6.20 Å². The summed E-state index contributed by atoms with van der Waals surface area (Å²) in [5.74, 6) is 0.804. The van der Waals surface area contributed by atoms with Gasteiger partial charge in [0.05, 0.1) is 0 Å². The van der Waals surface area contributed by atoms with Crippen LogP contribution in [0.2, 0.25) is 0 Å². The Labute approximate surface area is 79.0 Å². The van der Waals surface area contributed by atoms with Crippen LogP contribution in [0.15, 0.2) is 35.5 Å². The van der Waals surface area contributed by atoms with Gasteiger partial charge >= 0.3 is 0 Å². The minimum atomic E-state index is 0.804. The molecular formula is C11H14N2. The Morgan fingerprint density at radius 2 is 2.31 bits per heavy atom. The lowest BCUT2D eigenvalue weighted by Gasteiger charge is -1.97. The summed E-state index contributed by atoms with van der Waals surface area (Å²) in [5.41, 5.74) is 2.08. The van der Waals surface area contributed by atoms with Gasteiger partial charge in [0.25, 0.3) is 0 Å². The van der Waals surface area contributed by atoms with E-state index in [9.17, 15) is 0 Å². The Hall–Kier alpha value is -1.44. The van der Waals surface area contributed by atoms with Crippen molar-refractivity contribution < 1.29 is 0 Å². The van der Waals surface area contributed by atoms with Gasteiger partial charge < -0.3 is 0 Å². The Bertz CT molecular complexity index is 338. The Morgan fingerprint density at radius 1 is 1.54 bits per heavy atom. The van der Waals surface area contributed by atoms with E-state index >= 15 is 0 Å². The van der Waals surface area contributed by atoms with Crippen molar-refractivity contribution >= 4 is 11.5 Å². The molecule has 0 spiro atoms. The summed E-state index contributed by atoms with van der Waals surface area (Å²) in [5, 5.41) is 0. The van der Waals surface area contributed by atoms with Crippen molar-refractivity contribution in [3.63, 3.8) is 0 Å². The number of aliphatic imine (C=N–C) groups is 1. The van der Waals surface area contributed by atoms with Gasteiger partial charge in [0.2, 0.25) is 0 Å². The monoisotopic (exact) mass is 174 g/mol. The molecular weight excluding hydrogens is 160 g/mol. The van der Waals surface area contributed by atoms with Crippen LogP contribution in [0.5, 0.6) is 0 Å². The molecule has 0 saturated heterocycles. The van der Waals surface area contributed by atoms with E-state index in [4.69, 9.17) is 0 Å². The van der Waals surface area contributed by atoms with Crippen LogP contribution < -0.4 is 0 Å². The number of hydrogen-bond acceptors (Lipinski definition) is 2. The molecule has 13 heavy (non-hydrogen) atoms. The van der Waals surface area contributed by atoms with Crippen molar-refractivity contribution in [1.29, 1.82) is 0 Å². The van der Waals surface area contributed by atoms with E-state index in [2.05, 4.69) is 9.98 Å². The van der Waals surface area contributed by atoms with Gasteiger partial charge in [-0.15, -0.1) is 0 Å². The van der Waals surface area contributed by atoms with Crippen molar-refractivity contribution in [1.82, 2.24) is 4.98 Å². The van der Waals surface area contributed by atoms with Crippen molar-refractivity contribution in [3.05, 3.63) is 36.0 Å². The summed E-state index contributed by atoms with van der Waals surface area (Å²) < 4.78 is 0. The number of nitrogens with zero attached hydrogens (tertiary/aromatic N) is 2. The first kappa shape index (κ1) is 9.65. The summed E-state index contributed by atoms with van der Waals surface area (Å²) in [6.45, 7) is 5.95. The fourth-order valence-corrected chi connectivity index (χ4v) is 1.04. The van der Waals surface area contributed by atoms with Gasteiger partial charge in [-0.25, -0.2) is 9.98 Å². The van der Waals surface area contributed by atoms with Crippen LogP contribution in [0, 0.1) is 6.92 Å². The summed E-state index contributed by atoms with van der Waals surface area (Å²) in [7, 11) is 0. The molecule has 1 aromatic heterocycles. The Kier molecular flexibility index (Phi) is 3.38. The normalized spacial score (nSPS) is 12.4. The quantitative estimate of drug-likeness (QED) is 0.632. The predicted octanol–water partition coefficient (Wildman–Crippen LogP) is 3.06. The maximum absolute atomic E-state index is 4.37. The van der Waals surface area contributed by atoms with Crippen LogP contribution in [0.25, 0.3) is 0 Å². The van der Waals surface area contributed by atoms with Crippen LogP contribution in [-0.2, 0) is 0 Å². The summed E-state index contributed by atoms with van der Waals surface area (Å²) >= 11 is 0. The van der Waals surface area contributed by atoms with E-state index in [1.807, 2.05) is 45.1 Å². The lowest BCUT2D eigenvalue weighted by molar-refractivity contribution is 1.22. The topological polar surface area (TPSA) is 25.2 Å². The number of aryl methyl sites for hydroxylation is 1. The van der Waals surface area contributed by atoms with Gasteiger partial charge in [-0.2, -0.15) is 0 Å². The van der Waals surface area contributed by atoms with Crippen LogP contribution >= 0.6 is 0 Å². The molecule has 2 heteroatoms. The maximum Gasteiger partial charge on any atom is 0.154 e. The van der Waals surface area contributed by atoms with Gasteiger partial charge in [0, 0.05) is 11.9 Å². The van der Waals surface area contributed by atoms with E-state index in [0.717, 1.165) is 17.1 Å². The highest BCUT2D eigenvalue weighted by Gasteiger charge is 1.94. The minimum Gasteiger partial charge on any atom is -0.237 e. The summed E-state index contributed by atoms with van der Waals surface area (Å²) in [4.78, 5) is 8.55. The highest BCUT2D eigenvalue weighted by Crippen LogP contribution is 2.13. The SMILES string of the molecule is CC=CC(C)=Nc1ncccc1C. The van der Waals surface area contributed by atoms with E-state index in [0.29, 0.717) is 0 Å². The molecule has 0 saturated carbocycles. The third-order valence-electron chi connectivity index (χ3n) is 1.67. The average Bonchev–Trinajstić information content (AvgIpc) is 2.09. The fraction of sp³-hybridized carbons (Fsp3) is 0.273. The number of aromatic nitrogens is 1. The second-order valence-corrected chi connectivity index (χ2v) is 2.90. The van der Waals surface area contributed by atoms with Crippen molar-refractivity contribution in [2.24, 2.45) is 4.99 Å². The van der Waals surface area contributed by atoms with Crippen molar-refractivity contribution in [2.45, 2.75) is 20.8 Å². The van der Waals surface area contributed by atoms with Gasteiger partial charge in [-0.1, -0.05) is 12.1 Å². The van der Waals surface area contributed by atoms with Crippen LogP contribution in [0.4, 0.5) is 5.82 Å². The first-order chi connectivity index (χ1) is 6.24. The van der Waals surface area contributed by atoms with E-state index in [-0.39, 0.29) is 0 Å². The zero-order valence-corrected chi connectivity index (χ0v) is 8.28. The molecule has 0 radical (unpaired) electrons. The van der Waals surface area contributed by atoms with E-state index < -0.39 is 0 Å². The van der Waals surface area contributed by atoms with Crippen molar-refractivity contribution in [3.8, 4) is 0 Å². The van der Waals surface area contributed by atoms with Gasteiger partial charge in [0.1, 0.15) is 0 Å². The predicted molar refractivity (Wildman–Crippen MR) is 56.6 cm³/mol. The molecule has 0 amide bonds. The smallest absolute Gasteiger partial charge is 0.154 e. The number of allylic oxidation sites excluding steroid dienone is 2. The molecule has 2 nitrogen and oxygen atoms in total. The largest absolute Gasteiger partial charge is 0.237 e. The molecule has 0 N–H and O–H groups in total. The van der Waals surface area contributed by atoms with Crippen LogP contribution in [0.1, 0.15) is 19.4 Å². The first-order valence-corrected chi connectivity index (χ1v) is 4.33. The standard InChI is InChI=1S/C11H14N2/c1-4-6-10(3)13-11-9(2)7-5-8-12-11/h4-8H,1-3H3. The third kappa shape index (κ3) is 2.82. The molecule has 0 atom stereocenters. The fourth-order valence-electron chi connectivity index (χ4n) is 1.04. The Balaban J connectivity index is 2.97. The van der Waals surface area contributed by atoms with E-state index in [1.165, 1.54) is 0 Å². The molecule has 0 aromatic carbocycles. The number of pyridine rings is 1. The second kappa shape index (κ2) is 4.55. The molecule has 0 fully saturated rings. The molecule has 0 unspecified atom stereocenters. The van der Waals surface area contributed by atoms with Crippen LogP contribution in [0.3, 0.4) is 0 Å². The zero-order chi connectivity index (χ0) is 9.68. The molecule has 1 aromatic rings. The average molecular weight is 174 g/mol. The molecule has 0 bridgehead atoms. The van der Waals surface area contributed by atoms with Crippen molar-refractivity contribution in [2.75, 3.05) is 0 Å². The molecule has 1 heterocycles. The molecule has 68 valence electrons. The summed E-state index contributed by atoms with van der Waals surface area (Å²) in [6, 6.07) is 3.92. The first-order valence-electron chi connectivity index (χ1n) is 4.33. The minimum absolute atomic E-state index is 0.804. The molecule has 1 rings (SSSR count). The van der Waals surface area contributed by atoms with Crippen LogP contribution in [-0.4, -0.2) is 10.7 Å². The second-order valence-electron chi connectivity index (χ2n) is 2.90. The number of hydrogen-bond donors (Lipinski definition) is 0. The van der Waals surface area contributed by atoms with Gasteiger partial charge in [-0.05, 0) is 38.5 Å². The Morgan fingerprint density at radius 3 is 2.92 bits per heavy atom. The molecule has 0 aliphatic heterocycles. The summed E-state index contributed by atoms with van der Waals surface area (Å²) in [6.07, 6.45) is 5.69. The lowest BCUT2D eigenvalue weighted by Crippen LogP contribution is -1.85. The van der Waals surface area contributed by atoms with Gasteiger partial charge in [-0.3, -0.25) is 0 Å². The number of rotatable bonds is 2. The maximum atomic E-state index is 4.37. The third-order valence-corrected chi connectivity index (χ3v) is 1.67.